The predicted octanol–water partition coefficient (Wildman–Crippen LogP) is 3.97. The topological polar surface area (TPSA) is 149 Å². The molecule has 2 aromatic carbocycles. The summed E-state index contributed by atoms with van der Waals surface area (Å²) in [6, 6.07) is 8.46. The second-order valence-electron chi connectivity index (χ2n) is 11.6. The molecule has 1 saturated heterocycles. The maximum atomic E-state index is 14.4. The number of aromatic nitrogens is 2. The molecular weight excluding hydrogens is 567 g/mol. The average Bonchev–Trinajstić information content (AvgIpc) is 3.62. The maximum absolute atomic E-state index is 14.4. The number of ether oxygens (including phenoxy) is 1. The molecule has 0 spiro atoms. The number of amides is 4. The van der Waals surface area contributed by atoms with Crippen LogP contribution in [0.25, 0.3) is 10.9 Å². The van der Waals surface area contributed by atoms with Crippen molar-refractivity contribution in [3.8, 4) is 0 Å². The molecule has 4 N–H and O–H groups in total. The first-order chi connectivity index (χ1) is 19.8. The van der Waals surface area contributed by atoms with Crippen LogP contribution < -0.4 is 16.4 Å². The number of likely N-dealkylation sites (tertiary alicyclic amines) is 1. The Bertz CT molecular complexity index is 1580. The lowest BCUT2D eigenvalue weighted by Gasteiger charge is -2.34. The predicted molar refractivity (Wildman–Crippen MR) is 153 cm³/mol. The molecule has 1 aromatic heterocycles. The van der Waals surface area contributed by atoms with E-state index in [2.05, 4.69) is 15.7 Å². The monoisotopic (exact) mass is 598 g/mol. The standard InChI is InChI=1S/C29H32ClFN6O5/c1-29(2,3)42-28(41)34-17-8-10-19-21(12-17)36(35-24(19)26(32)39)14-22(38)37-18-9-7-15(11-18)25(37)27(40)33-13-16-5-4-6-20(30)23(16)31/h4-6,8,10,12,15,18,25H,7,9,11,13-14H2,1-3H3,(H2,32,39)(H,33,40)(H,34,41)/t15-,18+,25-/m0/s1. The number of carbonyl (C=O) groups is 4. The van der Waals surface area contributed by atoms with Crippen LogP contribution in [0, 0.1) is 11.7 Å². The highest BCUT2D eigenvalue weighted by atomic mass is 35.5. The second-order valence-corrected chi connectivity index (χ2v) is 12.0. The van der Waals surface area contributed by atoms with Gasteiger partial charge in [-0.2, -0.15) is 5.10 Å². The van der Waals surface area contributed by atoms with Crippen molar-refractivity contribution >= 4 is 52.0 Å². The van der Waals surface area contributed by atoms with Crippen LogP contribution in [0.5, 0.6) is 0 Å². The normalized spacial score (nSPS) is 19.6. The quantitative estimate of drug-likeness (QED) is 0.375. The van der Waals surface area contributed by atoms with Crippen molar-refractivity contribution in [1.29, 1.82) is 0 Å². The van der Waals surface area contributed by atoms with Crippen LogP contribution in [0.1, 0.15) is 56.1 Å². The minimum absolute atomic E-state index is 0.0247. The van der Waals surface area contributed by atoms with Crippen molar-refractivity contribution in [2.75, 3.05) is 5.32 Å². The lowest BCUT2D eigenvalue weighted by Crippen LogP contribution is -2.53. The van der Waals surface area contributed by atoms with Crippen LogP contribution in [0.15, 0.2) is 36.4 Å². The van der Waals surface area contributed by atoms with Crippen molar-refractivity contribution in [1.82, 2.24) is 20.0 Å². The van der Waals surface area contributed by atoms with Gasteiger partial charge in [-0.1, -0.05) is 23.7 Å². The summed E-state index contributed by atoms with van der Waals surface area (Å²) in [5, 5.41) is 10.1. The first-order valence-electron chi connectivity index (χ1n) is 13.6. The number of nitrogens with two attached hydrogens (primary N) is 1. The van der Waals surface area contributed by atoms with Gasteiger partial charge < -0.3 is 20.7 Å². The number of nitrogens with zero attached hydrogens (tertiary/aromatic N) is 3. The molecule has 3 atom stereocenters. The van der Waals surface area contributed by atoms with Crippen LogP contribution in [-0.2, 0) is 27.4 Å². The number of anilines is 1. The number of fused-ring (bicyclic) bond motifs is 3. The first kappa shape index (κ1) is 29.3. The molecule has 0 unspecified atom stereocenters. The van der Waals surface area contributed by atoms with E-state index < -0.39 is 29.5 Å². The molecule has 2 aliphatic rings. The fraction of sp³-hybridized carbons (Fsp3) is 0.414. The van der Waals surface area contributed by atoms with E-state index >= 15 is 0 Å². The number of rotatable bonds is 7. The van der Waals surface area contributed by atoms with Gasteiger partial charge in [0.2, 0.25) is 11.8 Å². The summed E-state index contributed by atoms with van der Waals surface area (Å²) in [4.78, 5) is 53.1. The number of primary amides is 1. The number of halogens is 2. The Morgan fingerprint density at radius 2 is 1.93 bits per heavy atom. The highest BCUT2D eigenvalue weighted by molar-refractivity contribution is 6.30. The summed E-state index contributed by atoms with van der Waals surface area (Å²) < 4.78 is 21.0. The molecule has 5 rings (SSSR count). The summed E-state index contributed by atoms with van der Waals surface area (Å²) in [6.07, 6.45) is 1.58. The van der Waals surface area contributed by atoms with Gasteiger partial charge in [0.1, 0.15) is 24.0 Å². The van der Waals surface area contributed by atoms with E-state index in [0.29, 0.717) is 23.0 Å². The van der Waals surface area contributed by atoms with E-state index in [0.717, 1.165) is 12.8 Å². The molecule has 3 aromatic rings. The number of nitrogens with one attached hydrogen (secondary N) is 2. The molecular formula is C29H32ClFN6O5. The maximum Gasteiger partial charge on any atom is 0.412 e. The van der Waals surface area contributed by atoms with Crippen LogP contribution in [-0.4, -0.2) is 56.2 Å². The molecule has 1 aliphatic heterocycles. The smallest absolute Gasteiger partial charge is 0.412 e. The third kappa shape index (κ3) is 5.89. The van der Waals surface area contributed by atoms with Gasteiger partial charge in [0.25, 0.3) is 5.91 Å². The van der Waals surface area contributed by atoms with E-state index in [1.54, 1.807) is 49.9 Å². The van der Waals surface area contributed by atoms with Gasteiger partial charge >= 0.3 is 6.09 Å². The van der Waals surface area contributed by atoms with Crippen molar-refractivity contribution in [2.45, 2.75) is 70.8 Å². The Hall–Kier alpha value is -4.19. The molecule has 13 heteroatoms. The summed E-state index contributed by atoms with van der Waals surface area (Å²) in [5.41, 5.74) is 5.84. The van der Waals surface area contributed by atoms with Crippen molar-refractivity contribution in [2.24, 2.45) is 11.7 Å². The Morgan fingerprint density at radius 1 is 1.17 bits per heavy atom. The Morgan fingerprint density at radius 3 is 2.64 bits per heavy atom. The summed E-state index contributed by atoms with van der Waals surface area (Å²) in [6.45, 7) is 4.88. The second kappa shape index (κ2) is 11.2. The molecule has 2 bridgehead atoms. The van der Waals surface area contributed by atoms with Crippen molar-refractivity contribution in [3.63, 3.8) is 0 Å². The first-order valence-corrected chi connectivity index (χ1v) is 14.0. The van der Waals surface area contributed by atoms with Gasteiger partial charge in [0, 0.05) is 29.2 Å². The fourth-order valence-corrected chi connectivity index (χ4v) is 6.04. The Balaban J connectivity index is 1.37. The Kier molecular flexibility index (Phi) is 7.84. The molecule has 42 heavy (non-hydrogen) atoms. The molecule has 2 fully saturated rings. The number of hydrogen-bond donors (Lipinski definition) is 3. The van der Waals surface area contributed by atoms with Crippen LogP contribution in [0.2, 0.25) is 5.02 Å². The van der Waals surface area contributed by atoms with E-state index in [9.17, 15) is 23.6 Å². The number of piperidine rings is 1. The zero-order valence-corrected chi connectivity index (χ0v) is 24.2. The molecule has 11 nitrogen and oxygen atoms in total. The van der Waals surface area contributed by atoms with Gasteiger partial charge in [-0.15, -0.1) is 0 Å². The summed E-state index contributed by atoms with van der Waals surface area (Å²) in [5.74, 6) is -2.13. The van der Waals surface area contributed by atoms with Crippen LogP contribution in [0.3, 0.4) is 0 Å². The molecule has 0 radical (unpaired) electrons. The summed E-state index contributed by atoms with van der Waals surface area (Å²) >= 11 is 5.87. The zero-order valence-electron chi connectivity index (χ0n) is 23.4. The van der Waals surface area contributed by atoms with Gasteiger partial charge in [0.05, 0.1) is 10.5 Å². The minimum Gasteiger partial charge on any atom is -0.444 e. The van der Waals surface area contributed by atoms with E-state index in [4.69, 9.17) is 22.1 Å². The molecule has 1 aliphatic carbocycles. The SMILES string of the molecule is CC(C)(C)OC(=O)Nc1ccc2c(C(N)=O)nn(CC(=O)N3[C@@H]4CC[C@@H](C4)[C@H]3C(=O)NCc3cccc(Cl)c3F)c2c1. The van der Waals surface area contributed by atoms with Crippen molar-refractivity contribution < 1.29 is 28.3 Å². The van der Waals surface area contributed by atoms with Gasteiger partial charge in [-0.3, -0.25) is 24.4 Å². The lowest BCUT2D eigenvalue weighted by atomic mass is 9.97. The number of benzene rings is 2. The zero-order chi connectivity index (χ0) is 30.3. The molecule has 4 amide bonds. The van der Waals surface area contributed by atoms with E-state index in [-0.39, 0.29) is 53.1 Å². The fourth-order valence-electron chi connectivity index (χ4n) is 5.84. The third-order valence-corrected chi connectivity index (χ3v) is 7.83. The average molecular weight is 599 g/mol. The Labute approximate surface area is 246 Å². The van der Waals surface area contributed by atoms with Gasteiger partial charge in [-0.05, 0) is 70.2 Å². The largest absolute Gasteiger partial charge is 0.444 e. The number of carbonyl (C=O) groups excluding carboxylic acids is 4. The molecule has 2 heterocycles. The van der Waals surface area contributed by atoms with E-state index in [1.807, 2.05) is 0 Å². The molecule has 1 saturated carbocycles. The van der Waals surface area contributed by atoms with Crippen LogP contribution in [0.4, 0.5) is 14.9 Å². The summed E-state index contributed by atoms with van der Waals surface area (Å²) in [7, 11) is 0. The highest BCUT2D eigenvalue weighted by Gasteiger charge is 2.51. The lowest BCUT2D eigenvalue weighted by molar-refractivity contribution is -0.143. The van der Waals surface area contributed by atoms with Crippen LogP contribution >= 0.6 is 11.6 Å². The van der Waals surface area contributed by atoms with E-state index in [1.165, 1.54) is 16.8 Å². The third-order valence-electron chi connectivity index (χ3n) is 7.54. The van der Waals surface area contributed by atoms with Gasteiger partial charge in [-0.25, -0.2) is 9.18 Å². The van der Waals surface area contributed by atoms with Gasteiger partial charge in [0.15, 0.2) is 5.69 Å². The van der Waals surface area contributed by atoms with Crippen molar-refractivity contribution in [3.05, 3.63) is 58.5 Å². The molecule has 222 valence electrons. The number of hydrogen-bond acceptors (Lipinski definition) is 6. The minimum atomic E-state index is -0.773. The highest BCUT2D eigenvalue weighted by Crippen LogP contribution is 2.43.